The summed E-state index contributed by atoms with van der Waals surface area (Å²) < 4.78 is 30.3. The van der Waals surface area contributed by atoms with Crippen molar-refractivity contribution < 1.29 is 17.9 Å². The Hall–Kier alpha value is -2.94. The van der Waals surface area contributed by atoms with Crippen LogP contribution >= 0.6 is 0 Å². The Balaban J connectivity index is 1.55. The number of para-hydroxylation sites is 2. The Kier molecular flexibility index (Phi) is 5.93. The number of carbonyl (C=O) groups excluding carboxylic acids is 1. The van der Waals surface area contributed by atoms with E-state index in [0.717, 1.165) is 17.7 Å². The molecule has 3 rings (SSSR count). The molecule has 1 fully saturated rings. The molecule has 2 N–H and O–H groups in total. The van der Waals surface area contributed by atoms with Gasteiger partial charge in [-0.3, -0.25) is 4.72 Å². The fourth-order valence-corrected chi connectivity index (χ4v) is 3.64. The summed E-state index contributed by atoms with van der Waals surface area (Å²) in [4.78, 5) is 16.5. The quantitative estimate of drug-likeness (QED) is 0.799. The normalized spacial score (nSPS) is 14.5. The van der Waals surface area contributed by atoms with Crippen LogP contribution in [0.25, 0.3) is 0 Å². The van der Waals surface area contributed by atoms with Crippen LogP contribution in [0.4, 0.5) is 21.9 Å². The number of rotatable bonds is 5. The van der Waals surface area contributed by atoms with Gasteiger partial charge in [-0.25, -0.2) is 13.2 Å². The molecule has 8 nitrogen and oxygen atoms in total. The van der Waals surface area contributed by atoms with Gasteiger partial charge in [0.2, 0.25) is 10.0 Å². The van der Waals surface area contributed by atoms with Crippen molar-refractivity contribution in [2.75, 3.05) is 54.5 Å². The van der Waals surface area contributed by atoms with Gasteiger partial charge in [0.15, 0.2) is 0 Å². The van der Waals surface area contributed by atoms with Crippen molar-refractivity contribution in [1.82, 2.24) is 4.90 Å². The molecule has 28 heavy (non-hydrogen) atoms. The number of benzene rings is 2. The number of amides is 2. The average molecular weight is 404 g/mol. The van der Waals surface area contributed by atoms with Crippen molar-refractivity contribution in [2.24, 2.45) is 0 Å². The number of carbonyl (C=O) groups is 1. The highest BCUT2D eigenvalue weighted by Crippen LogP contribution is 2.28. The van der Waals surface area contributed by atoms with Crippen molar-refractivity contribution >= 4 is 33.1 Å². The maximum absolute atomic E-state index is 12.5. The Labute approximate surface area is 165 Å². The monoisotopic (exact) mass is 404 g/mol. The number of nitrogens with one attached hydrogen (secondary N) is 2. The second-order valence-corrected chi connectivity index (χ2v) is 8.28. The molecule has 0 spiro atoms. The van der Waals surface area contributed by atoms with E-state index >= 15 is 0 Å². The Morgan fingerprint density at radius 3 is 2.18 bits per heavy atom. The van der Waals surface area contributed by atoms with E-state index in [-0.39, 0.29) is 6.03 Å². The molecule has 2 aromatic carbocycles. The predicted molar refractivity (Wildman–Crippen MR) is 111 cm³/mol. The van der Waals surface area contributed by atoms with Gasteiger partial charge in [0.05, 0.1) is 19.1 Å². The standard InChI is InChI=1S/C19H24N4O4S/c1-27-18-6-4-3-5-17(18)22-11-13-23(14-12-22)19(24)20-15-7-9-16(10-8-15)21-28(2,25)26/h3-10,21H,11-14H2,1-2H3,(H,20,24). The van der Waals surface area contributed by atoms with E-state index in [1.807, 2.05) is 24.3 Å². The number of hydrogen-bond acceptors (Lipinski definition) is 5. The Bertz CT molecular complexity index is 923. The highest BCUT2D eigenvalue weighted by atomic mass is 32.2. The smallest absolute Gasteiger partial charge is 0.321 e. The van der Waals surface area contributed by atoms with E-state index in [1.165, 1.54) is 0 Å². The van der Waals surface area contributed by atoms with E-state index in [9.17, 15) is 13.2 Å². The summed E-state index contributed by atoms with van der Waals surface area (Å²) in [5.41, 5.74) is 2.08. The van der Waals surface area contributed by atoms with Gasteiger partial charge in [0, 0.05) is 37.6 Å². The Morgan fingerprint density at radius 1 is 0.964 bits per heavy atom. The van der Waals surface area contributed by atoms with E-state index in [1.54, 1.807) is 36.3 Å². The van der Waals surface area contributed by atoms with Crippen molar-refractivity contribution in [3.63, 3.8) is 0 Å². The van der Waals surface area contributed by atoms with E-state index < -0.39 is 10.0 Å². The van der Waals surface area contributed by atoms with Gasteiger partial charge in [-0.1, -0.05) is 12.1 Å². The van der Waals surface area contributed by atoms with Gasteiger partial charge >= 0.3 is 6.03 Å². The third-order valence-electron chi connectivity index (χ3n) is 4.43. The van der Waals surface area contributed by atoms with Gasteiger partial charge in [-0.05, 0) is 36.4 Å². The highest BCUT2D eigenvalue weighted by Gasteiger charge is 2.22. The van der Waals surface area contributed by atoms with Crippen LogP contribution in [0.3, 0.4) is 0 Å². The zero-order chi connectivity index (χ0) is 20.1. The molecule has 150 valence electrons. The molecule has 1 aliphatic heterocycles. The Morgan fingerprint density at radius 2 is 1.57 bits per heavy atom. The number of urea groups is 1. The molecule has 1 aliphatic rings. The van der Waals surface area contributed by atoms with Crippen LogP contribution in [0.2, 0.25) is 0 Å². The summed E-state index contributed by atoms with van der Waals surface area (Å²) in [6.07, 6.45) is 1.09. The van der Waals surface area contributed by atoms with Gasteiger partial charge in [-0.2, -0.15) is 0 Å². The number of methoxy groups -OCH3 is 1. The summed E-state index contributed by atoms with van der Waals surface area (Å²) in [7, 11) is -1.67. The van der Waals surface area contributed by atoms with Gasteiger partial charge in [-0.15, -0.1) is 0 Å². The van der Waals surface area contributed by atoms with Gasteiger partial charge < -0.3 is 19.9 Å². The zero-order valence-corrected chi connectivity index (χ0v) is 16.7. The molecular weight excluding hydrogens is 380 g/mol. The largest absolute Gasteiger partial charge is 0.495 e. The summed E-state index contributed by atoms with van der Waals surface area (Å²) in [6, 6.07) is 14.2. The molecule has 2 amide bonds. The molecule has 0 aliphatic carbocycles. The van der Waals surface area contributed by atoms with Gasteiger partial charge in [0.1, 0.15) is 5.75 Å². The first-order valence-electron chi connectivity index (χ1n) is 8.87. The minimum Gasteiger partial charge on any atom is -0.495 e. The third-order valence-corrected chi connectivity index (χ3v) is 5.04. The molecule has 9 heteroatoms. The molecule has 0 aromatic heterocycles. The average Bonchev–Trinajstić information content (AvgIpc) is 2.68. The predicted octanol–water partition coefficient (Wildman–Crippen LogP) is 2.42. The van der Waals surface area contributed by atoms with E-state index in [4.69, 9.17) is 4.74 Å². The molecule has 1 heterocycles. The minimum absolute atomic E-state index is 0.177. The molecule has 0 saturated carbocycles. The first-order valence-corrected chi connectivity index (χ1v) is 10.8. The second-order valence-electron chi connectivity index (χ2n) is 6.53. The summed E-state index contributed by atoms with van der Waals surface area (Å²) >= 11 is 0. The number of hydrogen-bond donors (Lipinski definition) is 2. The summed E-state index contributed by atoms with van der Waals surface area (Å²) in [5, 5.41) is 2.85. The van der Waals surface area contributed by atoms with Crippen molar-refractivity contribution in [3.05, 3.63) is 48.5 Å². The van der Waals surface area contributed by atoms with Crippen molar-refractivity contribution in [2.45, 2.75) is 0 Å². The lowest BCUT2D eigenvalue weighted by Crippen LogP contribution is -2.50. The summed E-state index contributed by atoms with van der Waals surface area (Å²) in [6.45, 7) is 2.62. The molecule has 0 radical (unpaired) electrons. The molecule has 0 bridgehead atoms. The van der Waals surface area contributed by atoms with Crippen LogP contribution in [0, 0.1) is 0 Å². The number of sulfonamides is 1. The van der Waals surface area contributed by atoms with Crippen LogP contribution in [0.15, 0.2) is 48.5 Å². The van der Waals surface area contributed by atoms with Crippen LogP contribution in [-0.4, -0.2) is 58.9 Å². The molecular formula is C19H24N4O4S. The first-order chi connectivity index (χ1) is 13.4. The first kappa shape index (κ1) is 19.8. The molecule has 0 unspecified atom stereocenters. The van der Waals surface area contributed by atoms with Crippen LogP contribution < -0.4 is 19.7 Å². The van der Waals surface area contributed by atoms with Crippen LogP contribution in [-0.2, 0) is 10.0 Å². The van der Waals surface area contributed by atoms with E-state index in [0.29, 0.717) is 37.6 Å². The van der Waals surface area contributed by atoms with Crippen LogP contribution in [0.1, 0.15) is 0 Å². The number of ether oxygens (including phenoxy) is 1. The number of piperazine rings is 1. The lowest BCUT2D eigenvalue weighted by Gasteiger charge is -2.36. The maximum Gasteiger partial charge on any atom is 0.321 e. The van der Waals surface area contributed by atoms with Crippen molar-refractivity contribution in [1.29, 1.82) is 0 Å². The lowest BCUT2D eigenvalue weighted by atomic mass is 10.2. The van der Waals surface area contributed by atoms with Crippen molar-refractivity contribution in [3.8, 4) is 5.75 Å². The lowest BCUT2D eigenvalue weighted by molar-refractivity contribution is 0.208. The van der Waals surface area contributed by atoms with Gasteiger partial charge in [0.25, 0.3) is 0 Å². The second kappa shape index (κ2) is 8.39. The highest BCUT2D eigenvalue weighted by molar-refractivity contribution is 7.92. The van der Waals surface area contributed by atoms with E-state index in [2.05, 4.69) is 14.9 Å². The zero-order valence-electron chi connectivity index (χ0n) is 15.9. The molecule has 0 atom stereocenters. The fourth-order valence-electron chi connectivity index (χ4n) is 3.08. The molecule has 2 aromatic rings. The third kappa shape index (κ3) is 5.07. The molecule has 1 saturated heterocycles. The number of anilines is 3. The van der Waals surface area contributed by atoms with Crippen LogP contribution in [0.5, 0.6) is 5.75 Å². The topological polar surface area (TPSA) is 91.0 Å². The maximum atomic E-state index is 12.5. The summed E-state index contributed by atoms with van der Waals surface area (Å²) in [5.74, 6) is 0.822. The fraction of sp³-hybridized carbons (Fsp3) is 0.316. The minimum atomic E-state index is -3.32. The number of nitrogens with zero attached hydrogens (tertiary/aromatic N) is 2. The SMILES string of the molecule is COc1ccccc1N1CCN(C(=O)Nc2ccc(NS(C)(=O)=O)cc2)CC1.